The molecule has 2 unspecified atom stereocenters. The highest BCUT2D eigenvalue weighted by Gasteiger charge is 2.26. The Labute approximate surface area is 137 Å². The number of Topliss-reactive ketones (excluding diaryl/α,β-unsaturated/α-hetero) is 1. The van der Waals surface area contributed by atoms with Gasteiger partial charge in [-0.15, -0.1) is 11.8 Å². The second-order valence-electron chi connectivity index (χ2n) is 4.68. The third-order valence-electron chi connectivity index (χ3n) is 3.07. The second-order valence-corrected chi connectivity index (χ2v) is 5.62. The number of hydrogen-bond acceptors (Lipinski definition) is 4. The molecule has 0 aliphatic carbocycles. The summed E-state index contributed by atoms with van der Waals surface area (Å²) < 4.78 is 0. The van der Waals surface area contributed by atoms with Crippen LogP contribution in [-0.4, -0.2) is 46.1 Å². The molecule has 122 valence electrons. The number of carboxylic acid groups (broad SMARTS) is 1. The van der Waals surface area contributed by atoms with Crippen molar-refractivity contribution in [3.63, 3.8) is 0 Å². The molecule has 2 N–H and O–H groups in total. The topological polar surface area (TPSA) is 120 Å². The van der Waals surface area contributed by atoms with E-state index in [1.165, 1.54) is 11.8 Å². The van der Waals surface area contributed by atoms with Gasteiger partial charge < -0.3 is 16.0 Å². The first kappa shape index (κ1) is 18.6. The molecule has 0 saturated carbocycles. The Morgan fingerprint density at radius 2 is 2.00 bits per heavy atom. The standard InChI is InChI=1S/C15H17N3O4S/c1-23-13(10-5-3-2-4-6-10)14(20)18-12(15(21)22)8-7-11(19)9-17-16/h2-6,9,12-13H,7-8H2,1H3,(H,18,20)(H,21,22). The first-order chi connectivity index (χ1) is 11.0. The zero-order valence-corrected chi connectivity index (χ0v) is 13.3. The minimum absolute atomic E-state index is 0.0815. The van der Waals surface area contributed by atoms with Crippen molar-refractivity contribution < 1.29 is 24.3 Å². The van der Waals surface area contributed by atoms with Crippen molar-refractivity contribution in [2.45, 2.75) is 24.1 Å². The summed E-state index contributed by atoms with van der Waals surface area (Å²) in [4.78, 5) is 37.4. The van der Waals surface area contributed by atoms with Gasteiger partial charge in [0.25, 0.3) is 0 Å². The number of nitrogens with zero attached hydrogens (tertiary/aromatic N) is 2. The number of hydrogen-bond donors (Lipinski definition) is 2. The minimum Gasteiger partial charge on any atom is -0.480 e. The van der Waals surface area contributed by atoms with Gasteiger partial charge in [-0.3, -0.25) is 9.59 Å². The lowest BCUT2D eigenvalue weighted by atomic mass is 10.1. The highest BCUT2D eigenvalue weighted by molar-refractivity contribution is 7.99. The molecule has 0 aromatic heterocycles. The van der Waals surface area contributed by atoms with Crippen LogP contribution in [0.2, 0.25) is 0 Å². The predicted octanol–water partition coefficient (Wildman–Crippen LogP) is 1.31. The van der Waals surface area contributed by atoms with Gasteiger partial charge in [-0.1, -0.05) is 30.3 Å². The predicted molar refractivity (Wildman–Crippen MR) is 86.2 cm³/mol. The highest BCUT2D eigenvalue weighted by Crippen LogP contribution is 2.26. The lowest BCUT2D eigenvalue weighted by Crippen LogP contribution is -2.42. The quantitative estimate of drug-likeness (QED) is 0.400. The molecule has 0 radical (unpaired) electrons. The monoisotopic (exact) mass is 335 g/mol. The van der Waals surface area contributed by atoms with E-state index in [4.69, 9.17) is 5.53 Å². The summed E-state index contributed by atoms with van der Waals surface area (Å²) in [6, 6.07) is 7.82. The van der Waals surface area contributed by atoms with Gasteiger partial charge in [0.15, 0.2) is 0 Å². The van der Waals surface area contributed by atoms with Crippen molar-refractivity contribution in [1.82, 2.24) is 5.32 Å². The molecule has 7 nitrogen and oxygen atoms in total. The van der Waals surface area contributed by atoms with Crippen LogP contribution in [-0.2, 0) is 14.4 Å². The minimum atomic E-state index is -1.22. The van der Waals surface area contributed by atoms with Crippen LogP contribution in [0.3, 0.4) is 0 Å². The molecule has 0 bridgehead atoms. The van der Waals surface area contributed by atoms with Crippen LogP contribution in [0.25, 0.3) is 5.53 Å². The third kappa shape index (κ3) is 6.06. The normalized spacial score (nSPS) is 12.6. The number of nitrogens with one attached hydrogen (secondary N) is 1. The van der Waals surface area contributed by atoms with E-state index in [-0.39, 0.29) is 12.8 Å². The van der Waals surface area contributed by atoms with Crippen molar-refractivity contribution in [2.24, 2.45) is 0 Å². The van der Waals surface area contributed by atoms with Crippen molar-refractivity contribution in [3.05, 3.63) is 41.4 Å². The van der Waals surface area contributed by atoms with Crippen LogP contribution in [0.5, 0.6) is 0 Å². The Balaban J connectivity index is 2.74. The maximum Gasteiger partial charge on any atom is 0.326 e. The number of thioether (sulfide) groups is 1. The molecule has 8 heteroatoms. The van der Waals surface area contributed by atoms with Crippen LogP contribution in [0.4, 0.5) is 0 Å². The first-order valence-electron chi connectivity index (χ1n) is 6.80. The molecule has 2 atom stereocenters. The Kier molecular flexibility index (Phi) is 7.73. The number of carboxylic acids is 1. The zero-order chi connectivity index (χ0) is 17.2. The van der Waals surface area contributed by atoms with E-state index in [1.54, 1.807) is 30.5 Å². The fraction of sp³-hybridized carbons (Fsp3) is 0.333. The molecular formula is C15H17N3O4S. The Hall–Kier alpha value is -2.44. The van der Waals surface area contributed by atoms with Gasteiger partial charge in [0, 0.05) is 6.42 Å². The maximum atomic E-state index is 12.3. The Morgan fingerprint density at radius 3 is 2.52 bits per heavy atom. The van der Waals surface area contributed by atoms with Crippen molar-refractivity contribution in [1.29, 1.82) is 0 Å². The Morgan fingerprint density at radius 1 is 1.35 bits per heavy atom. The summed E-state index contributed by atoms with van der Waals surface area (Å²) in [7, 11) is 0. The molecule has 0 aliphatic rings. The molecule has 0 fully saturated rings. The summed E-state index contributed by atoms with van der Waals surface area (Å²) in [6.07, 6.45) is 2.24. The molecule has 1 aromatic carbocycles. The van der Waals surface area contributed by atoms with Gasteiger partial charge in [-0.2, -0.15) is 4.79 Å². The smallest absolute Gasteiger partial charge is 0.326 e. The fourth-order valence-electron chi connectivity index (χ4n) is 1.94. The molecule has 1 rings (SSSR count). The van der Waals surface area contributed by atoms with E-state index in [9.17, 15) is 19.5 Å². The lowest BCUT2D eigenvalue weighted by molar-refractivity contribution is -0.142. The number of carbonyl (C=O) groups excluding carboxylic acids is 2. The molecule has 1 aromatic rings. The number of ketones is 1. The highest BCUT2D eigenvalue weighted by atomic mass is 32.2. The lowest BCUT2D eigenvalue weighted by Gasteiger charge is -2.19. The molecular weight excluding hydrogens is 318 g/mol. The van der Waals surface area contributed by atoms with E-state index < -0.39 is 29.0 Å². The summed E-state index contributed by atoms with van der Waals surface area (Å²) in [6.45, 7) is 0. The fourth-order valence-corrected chi connectivity index (χ4v) is 2.65. The van der Waals surface area contributed by atoms with Crippen molar-refractivity contribution in [3.8, 4) is 0 Å². The van der Waals surface area contributed by atoms with E-state index in [1.807, 2.05) is 6.07 Å². The number of rotatable bonds is 9. The van der Waals surface area contributed by atoms with E-state index >= 15 is 0 Å². The molecule has 0 heterocycles. The number of aliphatic carboxylic acids is 1. The van der Waals surface area contributed by atoms with E-state index in [0.29, 0.717) is 6.21 Å². The van der Waals surface area contributed by atoms with Gasteiger partial charge in [0.05, 0.1) is 0 Å². The summed E-state index contributed by atoms with van der Waals surface area (Å²) in [5.41, 5.74) is 9.02. The summed E-state index contributed by atoms with van der Waals surface area (Å²) in [5, 5.41) is 11.1. The number of benzene rings is 1. The third-order valence-corrected chi connectivity index (χ3v) is 4.03. The van der Waals surface area contributed by atoms with E-state index in [2.05, 4.69) is 10.1 Å². The summed E-state index contributed by atoms with van der Waals surface area (Å²) in [5.74, 6) is -2.17. The van der Waals surface area contributed by atoms with Crippen LogP contribution in [0.15, 0.2) is 30.3 Å². The second kappa shape index (κ2) is 9.55. The molecule has 0 saturated heterocycles. The number of carbonyl (C=O) groups is 3. The van der Waals surface area contributed by atoms with Crippen LogP contribution in [0.1, 0.15) is 23.7 Å². The maximum absolute atomic E-state index is 12.3. The van der Waals surface area contributed by atoms with Gasteiger partial charge in [-0.25, -0.2) is 4.79 Å². The summed E-state index contributed by atoms with van der Waals surface area (Å²) >= 11 is 1.29. The average molecular weight is 335 g/mol. The van der Waals surface area contributed by atoms with Crippen LogP contribution in [0, 0.1) is 0 Å². The first-order valence-corrected chi connectivity index (χ1v) is 8.09. The van der Waals surface area contributed by atoms with Gasteiger partial charge in [-0.05, 0) is 18.2 Å². The Bertz CT molecular complexity index is 614. The molecule has 23 heavy (non-hydrogen) atoms. The zero-order valence-electron chi connectivity index (χ0n) is 12.5. The molecule has 0 spiro atoms. The van der Waals surface area contributed by atoms with E-state index in [0.717, 1.165) is 5.56 Å². The average Bonchev–Trinajstić information content (AvgIpc) is 2.53. The molecule has 0 aliphatic heterocycles. The molecule has 1 amide bonds. The van der Waals surface area contributed by atoms with Gasteiger partial charge >= 0.3 is 12.2 Å². The van der Waals surface area contributed by atoms with Gasteiger partial charge in [0.2, 0.25) is 11.7 Å². The van der Waals surface area contributed by atoms with Crippen molar-refractivity contribution in [2.75, 3.05) is 6.26 Å². The van der Waals surface area contributed by atoms with Crippen molar-refractivity contribution >= 4 is 35.6 Å². The largest absolute Gasteiger partial charge is 0.480 e. The van der Waals surface area contributed by atoms with Crippen LogP contribution >= 0.6 is 11.8 Å². The number of amides is 1. The SMILES string of the molecule is CSC(C(=O)NC(CCC(=O)C=[N+]=[N-])C(=O)O)c1ccccc1. The van der Waals surface area contributed by atoms with Crippen LogP contribution < -0.4 is 5.32 Å². The van der Waals surface area contributed by atoms with Gasteiger partial charge in [0.1, 0.15) is 11.3 Å².